The number of nitrogens with two attached hydrogens (primary N) is 1. The van der Waals surface area contributed by atoms with Gasteiger partial charge in [-0.15, -0.1) is 0 Å². The van der Waals surface area contributed by atoms with E-state index in [0.29, 0.717) is 17.7 Å². The molecular weight excluding hydrogens is 294 g/mol. The van der Waals surface area contributed by atoms with Crippen LogP contribution >= 0.6 is 15.9 Å². The zero-order valence-electron chi connectivity index (χ0n) is 10.7. The van der Waals surface area contributed by atoms with Gasteiger partial charge >= 0.3 is 0 Å². The van der Waals surface area contributed by atoms with Crippen LogP contribution in [-0.2, 0) is 6.42 Å². The highest BCUT2D eigenvalue weighted by molar-refractivity contribution is 9.10. The fourth-order valence-electron chi connectivity index (χ4n) is 1.75. The van der Waals surface area contributed by atoms with E-state index in [2.05, 4.69) is 44.7 Å². The van der Waals surface area contributed by atoms with E-state index in [1.807, 2.05) is 11.5 Å². The van der Waals surface area contributed by atoms with E-state index in [4.69, 9.17) is 5.73 Å². The molecule has 0 unspecified atom stereocenters. The van der Waals surface area contributed by atoms with Crippen molar-refractivity contribution in [2.75, 3.05) is 5.73 Å². The summed E-state index contributed by atoms with van der Waals surface area (Å²) >= 11 is 3.41. The van der Waals surface area contributed by atoms with Crippen LogP contribution in [0, 0.1) is 0 Å². The molecule has 2 heterocycles. The Morgan fingerprint density at radius 3 is 2.72 bits per heavy atom. The van der Waals surface area contributed by atoms with Gasteiger partial charge in [0.15, 0.2) is 5.82 Å². The lowest BCUT2D eigenvalue weighted by Crippen LogP contribution is -2.07. The molecule has 18 heavy (non-hydrogen) atoms. The van der Waals surface area contributed by atoms with Crippen molar-refractivity contribution >= 4 is 21.7 Å². The van der Waals surface area contributed by atoms with Gasteiger partial charge in [0, 0.05) is 6.04 Å². The van der Waals surface area contributed by atoms with Gasteiger partial charge in [-0.2, -0.15) is 0 Å². The van der Waals surface area contributed by atoms with Gasteiger partial charge in [-0.25, -0.2) is 15.0 Å². The van der Waals surface area contributed by atoms with Gasteiger partial charge in [-0.1, -0.05) is 6.92 Å². The molecule has 96 valence electrons. The number of anilines is 1. The van der Waals surface area contributed by atoms with Crippen LogP contribution < -0.4 is 5.73 Å². The van der Waals surface area contributed by atoms with Gasteiger partial charge in [-0.3, -0.25) is 0 Å². The fourth-order valence-corrected chi connectivity index (χ4v) is 2.21. The minimum Gasteiger partial charge on any atom is -0.383 e. The van der Waals surface area contributed by atoms with Crippen molar-refractivity contribution < 1.29 is 0 Å². The smallest absolute Gasteiger partial charge is 0.180 e. The van der Waals surface area contributed by atoms with Gasteiger partial charge in [0.05, 0.1) is 22.7 Å². The van der Waals surface area contributed by atoms with Crippen molar-refractivity contribution in [1.29, 1.82) is 0 Å². The second kappa shape index (κ2) is 5.06. The molecule has 0 aliphatic heterocycles. The number of aryl methyl sites for hydroxylation is 1. The van der Waals surface area contributed by atoms with E-state index in [1.165, 1.54) is 0 Å². The Balaban J connectivity index is 2.57. The van der Waals surface area contributed by atoms with E-state index >= 15 is 0 Å². The van der Waals surface area contributed by atoms with Gasteiger partial charge in [0.1, 0.15) is 11.5 Å². The normalized spacial score (nSPS) is 11.2. The third kappa shape index (κ3) is 2.25. The second-order valence-corrected chi connectivity index (χ2v) is 5.12. The number of hydrogen-bond donors (Lipinski definition) is 1. The molecule has 5 nitrogen and oxygen atoms in total. The lowest BCUT2D eigenvalue weighted by molar-refractivity contribution is 0.603. The number of nitrogens with zero attached hydrogens (tertiary/aromatic N) is 4. The number of rotatable bonds is 3. The Hall–Kier alpha value is -1.43. The van der Waals surface area contributed by atoms with Crippen molar-refractivity contribution in [3.05, 3.63) is 22.7 Å². The molecule has 0 saturated carbocycles. The molecular formula is C12H16BrN5. The van der Waals surface area contributed by atoms with E-state index in [-0.39, 0.29) is 0 Å². The SMILES string of the molecule is CCc1nc(-c2cncn2C(C)C)nc(N)c1Br. The summed E-state index contributed by atoms with van der Waals surface area (Å²) in [6.07, 6.45) is 4.35. The first kappa shape index (κ1) is 13.0. The quantitative estimate of drug-likeness (QED) is 0.946. The van der Waals surface area contributed by atoms with Crippen molar-refractivity contribution in [2.24, 2.45) is 0 Å². The van der Waals surface area contributed by atoms with Crippen LogP contribution in [0.5, 0.6) is 0 Å². The first-order chi connectivity index (χ1) is 8.54. The zero-order valence-corrected chi connectivity index (χ0v) is 12.3. The average molecular weight is 310 g/mol. The van der Waals surface area contributed by atoms with Crippen molar-refractivity contribution in [2.45, 2.75) is 33.2 Å². The standard InChI is InChI=1S/C12H16BrN5/c1-4-8-10(13)11(14)17-12(16-8)9-5-15-6-18(9)7(2)3/h5-7H,4H2,1-3H3,(H2,14,16,17). The molecule has 0 aliphatic rings. The predicted molar refractivity (Wildman–Crippen MR) is 75.1 cm³/mol. The molecule has 0 fully saturated rings. The average Bonchev–Trinajstić information content (AvgIpc) is 2.81. The first-order valence-corrected chi connectivity index (χ1v) is 6.68. The number of nitrogen functional groups attached to an aromatic ring is 1. The molecule has 0 radical (unpaired) electrons. The van der Waals surface area contributed by atoms with E-state index in [0.717, 1.165) is 22.3 Å². The van der Waals surface area contributed by atoms with Crippen molar-refractivity contribution in [3.8, 4) is 11.5 Å². The summed E-state index contributed by atoms with van der Waals surface area (Å²) in [5, 5.41) is 0. The number of imidazole rings is 1. The molecule has 2 aromatic heterocycles. The summed E-state index contributed by atoms with van der Waals surface area (Å²) in [6.45, 7) is 6.22. The van der Waals surface area contributed by atoms with Crippen LogP contribution in [-0.4, -0.2) is 19.5 Å². The largest absolute Gasteiger partial charge is 0.383 e. The molecule has 2 rings (SSSR count). The zero-order chi connectivity index (χ0) is 13.3. The molecule has 0 atom stereocenters. The van der Waals surface area contributed by atoms with Gasteiger partial charge in [-0.05, 0) is 36.2 Å². The van der Waals surface area contributed by atoms with Crippen LogP contribution in [0.15, 0.2) is 17.0 Å². The van der Waals surface area contributed by atoms with Gasteiger partial charge < -0.3 is 10.3 Å². The summed E-state index contributed by atoms with van der Waals surface area (Å²) in [5.74, 6) is 1.09. The Kier molecular flexibility index (Phi) is 3.65. The molecule has 6 heteroatoms. The van der Waals surface area contributed by atoms with E-state index in [1.54, 1.807) is 12.5 Å². The second-order valence-electron chi connectivity index (χ2n) is 4.33. The number of aromatic nitrogens is 4. The van der Waals surface area contributed by atoms with Gasteiger partial charge in [0.25, 0.3) is 0 Å². The summed E-state index contributed by atoms with van der Waals surface area (Å²) in [5.41, 5.74) is 7.70. The Morgan fingerprint density at radius 1 is 1.39 bits per heavy atom. The highest BCUT2D eigenvalue weighted by Crippen LogP contribution is 2.26. The van der Waals surface area contributed by atoms with Crippen LogP contribution in [0.4, 0.5) is 5.82 Å². The molecule has 2 N–H and O–H groups in total. The third-order valence-electron chi connectivity index (χ3n) is 2.73. The summed E-state index contributed by atoms with van der Waals surface area (Å²) in [7, 11) is 0. The molecule has 0 aliphatic carbocycles. The highest BCUT2D eigenvalue weighted by Gasteiger charge is 2.14. The van der Waals surface area contributed by atoms with Crippen LogP contribution in [0.3, 0.4) is 0 Å². The lowest BCUT2D eigenvalue weighted by Gasteiger charge is -2.12. The summed E-state index contributed by atoms with van der Waals surface area (Å²) in [4.78, 5) is 13.0. The number of hydrogen-bond acceptors (Lipinski definition) is 4. The Bertz CT molecular complexity index is 562. The highest BCUT2D eigenvalue weighted by atomic mass is 79.9. The maximum atomic E-state index is 5.90. The molecule has 0 aromatic carbocycles. The minimum atomic E-state index is 0.307. The van der Waals surface area contributed by atoms with E-state index < -0.39 is 0 Å². The maximum absolute atomic E-state index is 5.90. The minimum absolute atomic E-state index is 0.307. The Labute approximate surface area is 115 Å². The monoisotopic (exact) mass is 309 g/mol. The molecule has 2 aromatic rings. The molecule has 0 spiro atoms. The van der Waals surface area contributed by atoms with Crippen molar-refractivity contribution in [3.63, 3.8) is 0 Å². The first-order valence-electron chi connectivity index (χ1n) is 5.88. The third-order valence-corrected chi connectivity index (χ3v) is 3.60. The maximum Gasteiger partial charge on any atom is 0.180 e. The Morgan fingerprint density at radius 2 is 2.11 bits per heavy atom. The molecule has 0 bridgehead atoms. The fraction of sp³-hybridized carbons (Fsp3) is 0.417. The van der Waals surface area contributed by atoms with Gasteiger partial charge in [0.2, 0.25) is 0 Å². The topological polar surface area (TPSA) is 69.6 Å². The molecule has 0 saturated heterocycles. The molecule has 0 amide bonds. The van der Waals surface area contributed by atoms with Crippen molar-refractivity contribution in [1.82, 2.24) is 19.5 Å². The van der Waals surface area contributed by atoms with Crippen LogP contribution in [0.2, 0.25) is 0 Å². The predicted octanol–water partition coefficient (Wildman–Crippen LogP) is 2.83. The van der Waals surface area contributed by atoms with E-state index in [9.17, 15) is 0 Å². The summed E-state index contributed by atoms with van der Waals surface area (Å²) in [6, 6.07) is 0.307. The summed E-state index contributed by atoms with van der Waals surface area (Å²) < 4.78 is 2.81. The number of halogens is 1. The van der Waals surface area contributed by atoms with Crippen LogP contribution in [0.1, 0.15) is 32.5 Å². The lowest BCUT2D eigenvalue weighted by atomic mass is 10.3. The van der Waals surface area contributed by atoms with Crippen LogP contribution in [0.25, 0.3) is 11.5 Å².